The molecule has 1 N–H and O–H groups in total. The van der Waals surface area contributed by atoms with Gasteiger partial charge in [0.05, 0.1) is 19.2 Å². The molecule has 0 radical (unpaired) electrons. The molecule has 1 amide bonds. The highest BCUT2D eigenvalue weighted by Gasteiger charge is 2.32. The first-order chi connectivity index (χ1) is 7.63. The van der Waals surface area contributed by atoms with Crippen molar-refractivity contribution < 1.29 is 19.4 Å². The van der Waals surface area contributed by atoms with Gasteiger partial charge in [0, 0.05) is 19.5 Å². The van der Waals surface area contributed by atoms with E-state index in [2.05, 4.69) is 4.98 Å². The number of aromatic nitrogens is 2. The smallest absolute Gasteiger partial charge is 0.372 e. The summed E-state index contributed by atoms with van der Waals surface area (Å²) < 4.78 is 6.05. The van der Waals surface area contributed by atoms with Crippen molar-refractivity contribution in [3.63, 3.8) is 0 Å². The molecule has 7 nitrogen and oxygen atoms in total. The van der Waals surface area contributed by atoms with E-state index in [4.69, 9.17) is 9.84 Å². The minimum Gasteiger partial charge on any atom is -0.475 e. The van der Waals surface area contributed by atoms with Crippen molar-refractivity contribution in [3.05, 3.63) is 18.2 Å². The Bertz CT molecular complexity index is 422. The molecule has 1 fully saturated rings. The molecule has 0 aromatic carbocycles. The third kappa shape index (κ3) is 1.65. The number of methoxy groups -OCH3 is 1. The molecule has 0 atom stereocenters. The maximum Gasteiger partial charge on any atom is 0.372 e. The number of ether oxygens (including phenoxy) is 1. The number of amides is 1. The molecule has 86 valence electrons. The zero-order valence-corrected chi connectivity index (χ0v) is 8.66. The van der Waals surface area contributed by atoms with Gasteiger partial charge in [-0.05, 0) is 0 Å². The van der Waals surface area contributed by atoms with Gasteiger partial charge in [-0.1, -0.05) is 0 Å². The number of carboxylic acid groups (broad SMARTS) is 1. The molecular weight excluding hydrogens is 214 g/mol. The zero-order chi connectivity index (χ0) is 11.7. The van der Waals surface area contributed by atoms with Crippen LogP contribution in [0.2, 0.25) is 0 Å². The van der Waals surface area contributed by atoms with Crippen LogP contribution in [0.15, 0.2) is 12.4 Å². The van der Waals surface area contributed by atoms with Gasteiger partial charge in [-0.25, -0.2) is 19.1 Å². The predicted molar refractivity (Wildman–Crippen MR) is 52.4 cm³/mol. The average Bonchev–Trinajstić information content (AvgIpc) is 2.63. The van der Waals surface area contributed by atoms with Crippen LogP contribution in [0.1, 0.15) is 10.6 Å². The summed E-state index contributed by atoms with van der Waals surface area (Å²) in [4.78, 5) is 27.7. The van der Waals surface area contributed by atoms with Crippen molar-refractivity contribution in [1.82, 2.24) is 14.5 Å². The third-order valence-corrected chi connectivity index (χ3v) is 2.49. The summed E-state index contributed by atoms with van der Waals surface area (Å²) in [6, 6.07) is -0.386. The van der Waals surface area contributed by atoms with Crippen LogP contribution in [0.5, 0.6) is 0 Å². The lowest BCUT2D eigenvalue weighted by Crippen LogP contribution is -2.55. The van der Waals surface area contributed by atoms with E-state index < -0.39 is 5.97 Å². The standard InChI is InChI=1S/C9H11N3O4/c1-16-6-4-11(5-6)9(15)12-3-2-10-7(12)8(13)14/h2-3,6H,4-5H2,1H3,(H,13,14). The normalized spacial score (nSPS) is 15.9. The topological polar surface area (TPSA) is 84.7 Å². The van der Waals surface area contributed by atoms with Crippen LogP contribution in [-0.4, -0.2) is 57.9 Å². The number of nitrogens with zero attached hydrogens (tertiary/aromatic N) is 3. The quantitative estimate of drug-likeness (QED) is 0.758. The number of likely N-dealkylation sites (tertiary alicyclic amines) is 1. The number of carbonyl (C=O) groups is 2. The molecule has 0 saturated carbocycles. The van der Waals surface area contributed by atoms with Crippen LogP contribution < -0.4 is 0 Å². The molecule has 1 saturated heterocycles. The van der Waals surface area contributed by atoms with Crippen molar-refractivity contribution in [3.8, 4) is 0 Å². The second-order valence-corrected chi connectivity index (χ2v) is 3.47. The van der Waals surface area contributed by atoms with Gasteiger partial charge in [-0.2, -0.15) is 0 Å². The molecule has 1 aromatic heterocycles. The Balaban J connectivity index is 2.10. The van der Waals surface area contributed by atoms with E-state index in [-0.39, 0.29) is 18.0 Å². The first-order valence-corrected chi connectivity index (χ1v) is 4.72. The number of carbonyl (C=O) groups excluding carboxylic acids is 1. The maximum atomic E-state index is 11.8. The molecule has 0 unspecified atom stereocenters. The van der Waals surface area contributed by atoms with Crippen LogP contribution in [0.25, 0.3) is 0 Å². The van der Waals surface area contributed by atoms with E-state index in [1.54, 1.807) is 7.11 Å². The summed E-state index contributed by atoms with van der Waals surface area (Å²) in [5, 5.41) is 8.80. The highest BCUT2D eigenvalue weighted by Crippen LogP contribution is 2.13. The van der Waals surface area contributed by atoms with Gasteiger partial charge in [-0.15, -0.1) is 0 Å². The van der Waals surface area contributed by atoms with Crippen molar-refractivity contribution in [2.75, 3.05) is 20.2 Å². The van der Waals surface area contributed by atoms with Crippen LogP contribution in [0.4, 0.5) is 4.79 Å². The average molecular weight is 225 g/mol. The molecule has 1 aromatic rings. The summed E-state index contributed by atoms with van der Waals surface area (Å²) in [5.74, 6) is -1.49. The minimum atomic E-state index is -1.22. The molecule has 2 heterocycles. The van der Waals surface area contributed by atoms with Gasteiger partial charge in [0.1, 0.15) is 0 Å². The highest BCUT2D eigenvalue weighted by molar-refractivity contribution is 5.90. The van der Waals surface area contributed by atoms with Crippen molar-refractivity contribution >= 4 is 12.0 Å². The fourth-order valence-corrected chi connectivity index (χ4v) is 1.51. The van der Waals surface area contributed by atoms with Crippen LogP contribution in [0.3, 0.4) is 0 Å². The number of hydrogen-bond acceptors (Lipinski definition) is 4. The monoisotopic (exact) mass is 225 g/mol. The van der Waals surface area contributed by atoms with Gasteiger partial charge in [0.25, 0.3) is 0 Å². The number of aromatic carboxylic acids is 1. The van der Waals surface area contributed by atoms with Crippen molar-refractivity contribution in [2.24, 2.45) is 0 Å². The van der Waals surface area contributed by atoms with Crippen LogP contribution in [0, 0.1) is 0 Å². The molecule has 0 spiro atoms. The lowest BCUT2D eigenvalue weighted by Gasteiger charge is -2.37. The molecule has 1 aliphatic heterocycles. The molecule has 1 aliphatic rings. The molecule has 2 rings (SSSR count). The van der Waals surface area contributed by atoms with E-state index in [0.29, 0.717) is 13.1 Å². The van der Waals surface area contributed by atoms with Gasteiger partial charge in [0.2, 0.25) is 5.82 Å². The zero-order valence-electron chi connectivity index (χ0n) is 8.66. The molecule has 0 bridgehead atoms. The largest absolute Gasteiger partial charge is 0.475 e. The minimum absolute atomic E-state index is 0.0424. The third-order valence-electron chi connectivity index (χ3n) is 2.49. The molecule has 0 aliphatic carbocycles. The number of imidazole rings is 1. The lowest BCUT2D eigenvalue weighted by molar-refractivity contribution is -0.00755. The summed E-state index contributed by atoms with van der Waals surface area (Å²) >= 11 is 0. The van der Waals surface area contributed by atoms with Gasteiger partial charge in [0.15, 0.2) is 0 Å². The summed E-state index contributed by atoms with van der Waals surface area (Å²) in [7, 11) is 1.58. The van der Waals surface area contributed by atoms with Crippen molar-refractivity contribution in [1.29, 1.82) is 0 Å². The maximum absolute atomic E-state index is 11.8. The van der Waals surface area contributed by atoms with E-state index in [1.165, 1.54) is 17.3 Å². The Kier molecular flexibility index (Phi) is 2.61. The summed E-state index contributed by atoms with van der Waals surface area (Å²) in [6.07, 6.45) is 2.67. The fraction of sp³-hybridized carbons (Fsp3) is 0.444. The highest BCUT2D eigenvalue weighted by atomic mass is 16.5. The second kappa shape index (κ2) is 3.93. The Labute approximate surface area is 91.2 Å². The van der Waals surface area contributed by atoms with Gasteiger partial charge < -0.3 is 14.7 Å². The SMILES string of the molecule is COC1CN(C(=O)n2ccnc2C(=O)O)C1. The number of rotatable bonds is 2. The Morgan fingerprint density at radius 1 is 1.56 bits per heavy atom. The predicted octanol–water partition coefficient (Wildman–Crippen LogP) is -0.120. The second-order valence-electron chi connectivity index (χ2n) is 3.47. The van der Waals surface area contributed by atoms with Crippen LogP contribution >= 0.6 is 0 Å². The van der Waals surface area contributed by atoms with Crippen LogP contribution in [-0.2, 0) is 4.74 Å². The van der Waals surface area contributed by atoms with E-state index in [1.807, 2.05) is 0 Å². The molecule has 16 heavy (non-hydrogen) atoms. The van der Waals surface area contributed by atoms with Gasteiger partial charge in [-0.3, -0.25) is 0 Å². The summed E-state index contributed by atoms with van der Waals surface area (Å²) in [5.41, 5.74) is 0. The van der Waals surface area contributed by atoms with Crippen molar-refractivity contribution in [2.45, 2.75) is 6.10 Å². The molecular formula is C9H11N3O4. The Morgan fingerprint density at radius 2 is 2.25 bits per heavy atom. The lowest BCUT2D eigenvalue weighted by atomic mass is 10.2. The molecule has 7 heteroatoms. The number of hydrogen-bond donors (Lipinski definition) is 1. The Hall–Kier alpha value is -1.89. The fourth-order valence-electron chi connectivity index (χ4n) is 1.51. The van der Waals surface area contributed by atoms with Gasteiger partial charge >= 0.3 is 12.0 Å². The van der Waals surface area contributed by atoms with E-state index >= 15 is 0 Å². The summed E-state index contributed by atoms with van der Waals surface area (Å²) in [6.45, 7) is 0.957. The van der Waals surface area contributed by atoms with E-state index in [9.17, 15) is 9.59 Å². The Morgan fingerprint density at radius 3 is 2.81 bits per heavy atom. The number of carboxylic acids is 1. The first-order valence-electron chi connectivity index (χ1n) is 4.72. The first kappa shape index (κ1) is 10.6. The van der Waals surface area contributed by atoms with E-state index in [0.717, 1.165) is 4.57 Å².